The fourth-order valence-corrected chi connectivity index (χ4v) is 2.00. The van der Waals surface area contributed by atoms with Crippen molar-refractivity contribution in [3.8, 4) is 0 Å². The summed E-state index contributed by atoms with van der Waals surface area (Å²) in [7, 11) is 0. The van der Waals surface area contributed by atoms with Gasteiger partial charge in [0.15, 0.2) is 5.96 Å². The lowest BCUT2D eigenvalue weighted by atomic mass is 10.1. The topological polar surface area (TPSA) is 69.8 Å². The van der Waals surface area contributed by atoms with Gasteiger partial charge in [0.2, 0.25) is 0 Å². The molecule has 0 radical (unpaired) electrons. The van der Waals surface area contributed by atoms with Crippen LogP contribution in [0.25, 0.3) is 0 Å². The lowest BCUT2D eigenvalue weighted by molar-refractivity contribution is 0.181. The Labute approximate surface area is 131 Å². The van der Waals surface area contributed by atoms with Crippen LogP contribution < -0.4 is 10.6 Å². The van der Waals surface area contributed by atoms with Crippen molar-refractivity contribution in [2.24, 2.45) is 4.99 Å². The zero-order valence-corrected chi connectivity index (χ0v) is 13.0. The van der Waals surface area contributed by atoms with Crippen LogP contribution >= 0.6 is 0 Å². The summed E-state index contributed by atoms with van der Waals surface area (Å²) in [5.41, 5.74) is 2.07. The van der Waals surface area contributed by atoms with Crippen LogP contribution in [-0.2, 0) is 6.54 Å². The van der Waals surface area contributed by atoms with E-state index in [1.807, 2.05) is 50.2 Å². The lowest BCUT2D eigenvalue weighted by Gasteiger charge is -2.15. The maximum Gasteiger partial charge on any atom is 0.191 e. The molecule has 0 aliphatic rings. The minimum absolute atomic E-state index is 0.396. The van der Waals surface area contributed by atoms with Crippen LogP contribution in [-0.4, -0.2) is 24.2 Å². The van der Waals surface area contributed by atoms with Gasteiger partial charge in [-0.25, -0.2) is 4.99 Å². The number of benzene rings is 1. The summed E-state index contributed by atoms with van der Waals surface area (Å²) < 4.78 is 5.26. The Morgan fingerprint density at radius 2 is 2.00 bits per heavy atom. The third kappa shape index (κ3) is 4.93. The molecule has 5 heteroatoms. The second-order valence-corrected chi connectivity index (χ2v) is 5.08. The monoisotopic (exact) mass is 301 g/mol. The molecule has 3 N–H and O–H groups in total. The second kappa shape index (κ2) is 8.24. The highest BCUT2D eigenvalue weighted by Gasteiger charge is 2.08. The Kier molecular flexibility index (Phi) is 6.03. The van der Waals surface area contributed by atoms with Crippen molar-refractivity contribution >= 4 is 5.96 Å². The fraction of sp³-hybridized carbons (Fsp3) is 0.353. The molecule has 0 fully saturated rings. The van der Waals surface area contributed by atoms with E-state index in [2.05, 4.69) is 15.6 Å². The first-order valence-corrected chi connectivity index (χ1v) is 7.48. The van der Waals surface area contributed by atoms with Crippen LogP contribution in [0, 0.1) is 6.92 Å². The van der Waals surface area contributed by atoms with Crippen LogP contribution in [0.2, 0.25) is 0 Å². The minimum Gasteiger partial charge on any atom is -0.467 e. The Hall–Kier alpha value is -2.27. The molecule has 1 unspecified atom stereocenters. The van der Waals surface area contributed by atoms with E-state index in [1.54, 1.807) is 6.26 Å². The predicted molar refractivity (Wildman–Crippen MR) is 87.7 cm³/mol. The Morgan fingerprint density at radius 1 is 1.23 bits per heavy atom. The van der Waals surface area contributed by atoms with Gasteiger partial charge in [-0.15, -0.1) is 0 Å². The normalized spacial score (nSPS) is 13.0. The molecule has 0 amide bonds. The van der Waals surface area contributed by atoms with Crippen molar-refractivity contribution in [3.63, 3.8) is 0 Å². The second-order valence-electron chi connectivity index (χ2n) is 5.08. The molecule has 0 saturated carbocycles. The molecule has 1 atom stereocenters. The highest BCUT2D eigenvalue weighted by molar-refractivity contribution is 5.79. The number of aliphatic imine (C=N–C) groups is 1. The van der Waals surface area contributed by atoms with E-state index in [1.165, 1.54) is 5.56 Å². The SMILES string of the molecule is CCNC(=NCc1ccco1)NCC(O)c1ccc(C)cc1. The van der Waals surface area contributed by atoms with E-state index in [0.29, 0.717) is 19.0 Å². The lowest BCUT2D eigenvalue weighted by Crippen LogP contribution is -2.39. The summed E-state index contributed by atoms with van der Waals surface area (Å²) in [5.74, 6) is 1.46. The number of aryl methyl sites for hydroxylation is 1. The fourth-order valence-electron chi connectivity index (χ4n) is 2.00. The van der Waals surface area contributed by atoms with Gasteiger partial charge in [0.05, 0.1) is 12.4 Å². The van der Waals surface area contributed by atoms with Gasteiger partial charge in [-0.05, 0) is 31.5 Å². The van der Waals surface area contributed by atoms with Crippen LogP contribution in [0.1, 0.15) is 29.9 Å². The molecule has 0 saturated heterocycles. The molecule has 118 valence electrons. The van der Waals surface area contributed by atoms with E-state index in [0.717, 1.165) is 17.9 Å². The zero-order chi connectivity index (χ0) is 15.8. The number of furan rings is 1. The zero-order valence-electron chi connectivity index (χ0n) is 13.0. The van der Waals surface area contributed by atoms with Gasteiger partial charge < -0.3 is 20.2 Å². The van der Waals surface area contributed by atoms with Crippen molar-refractivity contribution in [2.45, 2.75) is 26.5 Å². The summed E-state index contributed by atoms with van der Waals surface area (Å²) in [4.78, 5) is 4.43. The van der Waals surface area contributed by atoms with Crippen molar-refractivity contribution < 1.29 is 9.52 Å². The van der Waals surface area contributed by atoms with E-state index < -0.39 is 6.10 Å². The van der Waals surface area contributed by atoms with Crippen molar-refractivity contribution in [3.05, 3.63) is 59.5 Å². The predicted octanol–water partition coefficient (Wildman–Crippen LogP) is 2.38. The van der Waals surface area contributed by atoms with Crippen molar-refractivity contribution in [1.29, 1.82) is 0 Å². The van der Waals surface area contributed by atoms with Crippen LogP contribution in [0.3, 0.4) is 0 Å². The van der Waals surface area contributed by atoms with Gasteiger partial charge >= 0.3 is 0 Å². The Balaban J connectivity index is 1.90. The molecule has 0 aliphatic heterocycles. The minimum atomic E-state index is -0.576. The molecule has 1 aromatic carbocycles. The van der Waals surface area contributed by atoms with E-state index in [9.17, 15) is 5.11 Å². The number of guanidine groups is 1. The molecule has 5 nitrogen and oxygen atoms in total. The smallest absolute Gasteiger partial charge is 0.191 e. The molecule has 0 spiro atoms. The first-order valence-electron chi connectivity index (χ1n) is 7.48. The van der Waals surface area contributed by atoms with Gasteiger partial charge in [0.25, 0.3) is 0 Å². The number of nitrogens with zero attached hydrogens (tertiary/aromatic N) is 1. The Morgan fingerprint density at radius 3 is 2.64 bits per heavy atom. The number of nitrogens with one attached hydrogen (secondary N) is 2. The summed E-state index contributed by atoms with van der Waals surface area (Å²) in [6, 6.07) is 11.6. The molecule has 1 aromatic heterocycles. The highest BCUT2D eigenvalue weighted by atomic mass is 16.3. The van der Waals surface area contributed by atoms with Crippen molar-refractivity contribution in [1.82, 2.24) is 10.6 Å². The molecule has 0 aliphatic carbocycles. The summed E-state index contributed by atoms with van der Waals surface area (Å²) >= 11 is 0. The number of rotatable bonds is 6. The number of hydrogen-bond donors (Lipinski definition) is 3. The van der Waals surface area contributed by atoms with Gasteiger partial charge in [-0.3, -0.25) is 0 Å². The average molecular weight is 301 g/mol. The largest absolute Gasteiger partial charge is 0.467 e. The van der Waals surface area contributed by atoms with Gasteiger partial charge in [-0.1, -0.05) is 29.8 Å². The summed E-state index contributed by atoms with van der Waals surface area (Å²) in [6.07, 6.45) is 1.06. The van der Waals surface area contributed by atoms with Crippen LogP contribution in [0.15, 0.2) is 52.1 Å². The maximum atomic E-state index is 10.2. The van der Waals surface area contributed by atoms with Crippen molar-refractivity contribution in [2.75, 3.05) is 13.1 Å². The third-order valence-electron chi connectivity index (χ3n) is 3.24. The maximum absolute atomic E-state index is 10.2. The first-order chi connectivity index (χ1) is 10.7. The molecule has 2 rings (SSSR count). The molecule has 22 heavy (non-hydrogen) atoms. The first kappa shape index (κ1) is 16.1. The van der Waals surface area contributed by atoms with Crippen LogP contribution in [0.4, 0.5) is 0 Å². The highest BCUT2D eigenvalue weighted by Crippen LogP contribution is 2.12. The third-order valence-corrected chi connectivity index (χ3v) is 3.24. The van der Waals surface area contributed by atoms with E-state index in [4.69, 9.17) is 4.42 Å². The number of aliphatic hydroxyl groups excluding tert-OH is 1. The number of hydrogen-bond acceptors (Lipinski definition) is 3. The van der Waals surface area contributed by atoms with Gasteiger partial charge in [0, 0.05) is 13.1 Å². The van der Waals surface area contributed by atoms with Crippen LogP contribution in [0.5, 0.6) is 0 Å². The molecular formula is C17H23N3O2. The molecule has 1 heterocycles. The van der Waals surface area contributed by atoms with E-state index in [-0.39, 0.29) is 0 Å². The quantitative estimate of drug-likeness (QED) is 0.566. The van der Waals surface area contributed by atoms with Gasteiger partial charge in [-0.2, -0.15) is 0 Å². The van der Waals surface area contributed by atoms with E-state index >= 15 is 0 Å². The molecular weight excluding hydrogens is 278 g/mol. The van der Waals surface area contributed by atoms with Gasteiger partial charge in [0.1, 0.15) is 12.3 Å². The molecule has 0 bridgehead atoms. The average Bonchev–Trinajstić information content (AvgIpc) is 3.04. The molecule has 2 aromatic rings. The standard InChI is InChI=1S/C17H23N3O2/c1-3-18-17(19-11-15-5-4-10-22-15)20-12-16(21)14-8-6-13(2)7-9-14/h4-10,16,21H,3,11-12H2,1-2H3,(H2,18,19,20). The summed E-state index contributed by atoms with van der Waals surface area (Å²) in [5, 5.41) is 16.5. The summed E-state index contributed by atoms with van der Waals surface area (Å²) in [6.45, 7) is 5.64. The number of aliphatic hydroxyl groups is 1. The Bertz CT molecular complexity index is 576.